The molecule has 0 N–H and O–H groups in total. The maximum absolute atomic E-state index is 6.06. The van der Waals surface area contributed by atoms with E-state index in [4.69, 9.17) is 9.47 Å². The van der Waals surface area contributed by atoms with Crippen molar-refractivity contribution in [1.82, 2.24) is 0 Å². The van der Waals surface area contributed by atoms with Gasteiger partial charge in [-0.05, 0) is 46.9 Å². The Balaban J connectivity index is 1.70. The lowest BCUT2D eigenvalue weighted by Crippen LogP contribution is -2.20. The molecule has 0 amide bonds. The number of hydrogen-bond acceptors (Lipinski definition) is 2. The van der Waals surface area contributed by atoms with Crippen molar-refractivity contribution in [3.8, 4) is 11.5 Å². The maximum atomic E-state index is 6.06. The van der Waals surface area contributed by atoms with E-state index in [1.165, 1.54) is 10.9 Å². The smallest absolute Gasteiger partial charge is 0.238 e. The van der Waals surface area contributed by atoms with Gasteiger partial charge >= 0.3 is 0 Å². The van der Waals surface area contributed by atoms with Crippen LogP contribution >= 0.6 is 0 Å². The molecule has 2 heteroatoms. The molecule has 2 unspecified atom stereocenters. The minimum atomic E-state index is -0.369. The predicted molar refractivity (Wildman–Crippen MR) is 114 cm³/mol. The van der Waals surface area contributed by atoms with Crippen LogP contribution in [-0.2, 0) is 0 Å². The van der Waals surface area contributed by atoms with E-state index >= 15 is 0 Å². The molecule has 0 aliphatic rings. The van der Waals surface area contributed by atoms with Gasteiger partial charge in [-0.15, -0.1) is 0 Å². The minimum Gasteiger partial charge on any atom is -0.455 e. The van der Waals surface area contributed by atoms with E-state index < -0.39 is 0 Å². The third-order valence-electron chi connectivity index (χ3n) is 5.08. The van der Waals surface area contributed by atoms with Crippen molar-refractivity contribution >= 4 is 10.8 Å². The lowest BCUT2D eigenvalue weighted by atomic mass is 9.75. The van der Waals surface area contributed by atoms with Gasteiger partial charge in [0.1, 0.15) is 11.5 Å². The van der Waals surface area contributed by atoms with Crippen LogP contribution in [0.15, 0.2) is 66.7 Å². The summed E-state index contributed by atoms with van der Waals surface area (Å²) in [6.45, 7) is 11.1. The summed E-state index contributed by atoms with van der Waals surface area (Å²) in [4.78, 5) is 0. The van der Waals surface area contributed by atoms with Crippen molar-refractivity contribution in [2.45, 2.75) is 53.2 Å². The van der Waals surface area contributed by atoms with Crippen LogP contribution in [0.3, 0.4) is 0 Å². The Kier molecular flexibility index (Phi) is 5.74. The summed E-state index contributed by atoms with van der Waals surface area (Å²) in [5, 5.41) is 2.26. The Hall–Kier alpha value is -2.48. The lowest BCUT2D eigenvalue weighted by Gasteiger charge is -2.30. The molecule has 142 valence electrons. The van der Waals surface area contributed by atoms with E-state index in [1.807, 2.05) is 43.3 Å². The fourth-order valence-corrected chi connectivity index (χ4v) is 3.82. The summed E-state index contributed by atoms with van der Waals surface area (Å²) in [6.07, 6.45) is 0.760. The van der Waals surface area contributed by atoms with Crippen molar-refractivity contribution < 1.29 is 9.47 Å². The zero-order valence-corrected chi connectivity index (χ0v) is 17.0. The first-order valence-electron chi connectivity index (χ1n) is 9.79. The summed E-state index contributed by atoms with van der Waals surface area (Å²) in [7, 11) is 0. The van der Waals surface area contributed by atoms with Crippen LogP contribution in [0, 0.1) is 5.41 Å². The number of benzene rings is 3. The minimum absolute atomic E-state index is 0.252. The molecule has 3 aromatic rings. The third-order valence-corrected chi connectivity index (χ3v) is 5.08. The summed E-state index contributed by atoms with van der Waals surface area (Å²) in [6, 6.07) is 22.8. The van der Waals surface area contributed by atoms with Gasteiger partial charge in [-0.1, -0.05) is 76.2 Å². The van der Waals surface area contributed by atoms with Crippen LogP contribution in [0.1, 0.15) is 52.5 Å². The Bertz CT molecular complexity index is 869. The topological polar surface area (TPSA) is 18.5 Å². The largest absolute Gasteiger partial charge is 0.455 e. The van der Waals surface area contributed by atoms with Crippen molar-refractivity contribution in [2.24, 2.45) is 5.41 Å². The second kappa shape index (κ2) is 8.04. The zero-order chi connectivity index (χ0) is 19.4. The van der Waals surface area contributed by atoms with Crippen LogP contribution < -0.4 is 9.47 Å². The molecule has 0 saturated heterocycles. The first-order chi connectivity index (χ1) is 12.9. The van der Waals surface area contributed by atoms with E-state index in [2.05, 4.69) is 58.0 Å². The lowest BCUT2D eigenvalue weighted by molar-refractivity contribution is 0.0235. The maximum Gasteiger partial charge on any atom is 0.238 e. The van der Waals surface area contributed by atoms with Crippen LogP contribution in [-0.4, -0.2) is 6.29 Å². The molecule has 0 aliphatic heterocycles. The molecular weight excluding hydrogens is 332 g/mol. The van der Waals surface area contributed by atoms with Crippen molar-refractivity contribution in [3.63, 3.8) is 0 Å². The van der Waals surface area contributed by atoms with Crippen molar-refractivity contribution in [2.75, 3.05) is 0 Å². The molecule has 0 heterocycles. The van der Waals surface area contributed by atoms with E-state index in [0.29, 0.717) is 5.92 Å². The fourth-order valence-electron chi connectivity index (χ4n) is 3.82. The van der Waals surface area contributed by atoms with Crippen molar-refractivity contribution in [3.05, 3.63) is 72.3 Å². The number of hydrogen-bond donors (Lipinski definition) is 0. The van der Waals surface area contributed by atoms with E-state index in [1.54, 1.807) is 0 Å². The van der Waals surface area contributed by atoms with Gasteiger partial charge in [0.15, 0.2) is 0 Å². The summed E-state index contributed by atoms with van der Waals surface area (Å²) in [5.41, 5.74) is 1.61. The molecule has 0 aliphatic carbocycles. The van der Waals surface area contributed by atoms with Gasteiger partial charge < -0.3 is 9.47 Å². The second-order valence-electron chi connectivity index (χ2n) is 8.18. The highest BCUT2D eigenvalue weighted by molar-refractivity contribution is 5.88. The average Bonchev–Trinajstić information content (AvgIpc) is 2.63. The molecule has 2 nitrogen and oxygen atoms in total. The molecule has 0 bridgehead atoms. The summed E-state index contributed by atoms with van der Waals surface area (Å²) >= 11 is 0. The predicted octanol–water partition coefficient (Wildman–Crippen LogP) is 7.18. The third kappa shape index (κ3) is 4.63. The molecule has 0 saturated carbocycles. The van der Waals surface area contributed by atoms with Gasteiger partial charge in [0.05, 0.1) is 0 Å². The van der Waals surface area contributed by atoms with Gasteiger partial charge in [0.25, 0.3) is 0 Å². The van der Waals surface area contributed by atoms with E-state index in [9.17, 15) is 0 Å². The molecule has 0 aromatic heterocycles. The van der Waals surface area contributed by atoms with E-state index in [0.717, 1.165) is 23.3 Å². The standard InChI is InChI=1S/C25H30O2/c1-6-23(25(3,4)5)20-14-16-21(17-15-20)26-18(2)27-24-13-9-11-19-10-7-8-12-22(19)24/h7-18,23H,6H2,1-5H3. The van der Waals surface area contributed by atoms with Gasteiger partial charge in [-0.3, -0.25) is 0 Å². The molecule has 0 radical (unpaired) electrons. The van der Waals surface area contributed by atoms with Crippen LogP contribution in [0.2, 0.25) is 0 Å². The Labute approximate surface area is 163 Å². The number of rotatable bonds is 6. The van der Waals surface area contributed by atoms with Crippen LogP contribution in [0.5, 0.6) is 11.5 Å². The van der Waals surface area contributed by atoms with Gasteiger partial charge in [0, 0.05) is 12.3 Å². The Morgan fingerprint density at radius 3 is 2.15 bits per heavy atom. The highest BCUT2D eigenvalue weighted by Crippen LogP contribution is 2.38. The van der Waals surface area contributed by atoms with Gasteiger partial charge in [-0.2, -0.15) is 0 Å². The molecule has 2 atom stereocenters. The highest BCUT2D eigenvalue weighted by Gasteiger charge is 2.24. The molecular formula is C25H30O2. The molecule has 3 aromatic carbocycles. The first kappa shape index (κ1) is 19.3. The fraction of sp³-hybridized carbons (Fsp3) is 0.360. The average molecular weight is 363 g/mol. The quantitative estimate of drug-likeness (QED) is 0.432. The number of ether oxygens (including phenoxy) is 2. The summed E-state index contributed by atoms with van der Waals surface area (Å²) < 4.78 is 12.1. The Morgan fingerprint density at radius 1 is 0.815 bits per heavy atom. The van der Waals surface area contributed by atoms with Gasteiger partial charge in [-0.25, -0.2) is 0 Å². The monoisotopic (exact) mass is 362 g/mol. The van der Waals surface area contributed by atoms with E-state index in [-0.39, 0.29) is 11.7 Å². The van der Waals surface area contributed by atoms with Crippen molar-refractivity contribution in [1.29, 1.82) is 0 Å². The second-order valence-corrected chi connectivity index (χ2v) is 8.18. The normalized spacial score (nSPS) is 14.0. The van der Waals surface area contributed by atoms with Gasteiger partial charge in [0.2, 0.25) is 6.29 Å². The SMILES string of the molecule is CCC(c1ccc(OC(C)Oc2cccc3ccccc23)cc1)C(C)(C)C. The van der Waals surface area contributed by atoms with Crippen LogP contribution in [0.4, 0.5) is 0 Å². The zero-order valence-electron chi connectivity index (χ0n) is 17.0. The molecule has 27 heavy (non-hydrogen) atoms. The first-order valence-corrected chi connectivity index (χ1v) is 9.79. The summed E-state index contributed by atoms with van der Waals surface area (Å²) in [5.74, 6) is 2.21. The number of fused-ring (bicyclic) bond motifs is 1. The Morgan fingerprint density at radius 2 is 1.48 bits per heavy atom. The molecule has 0 spiro atoms. The highest BCUT2D eigenvalue weighted by atomic mass is 16.7. The molecule has 0 fully saturated rings. The van der Waals surface area contributed by atoms with Crippen LogP contribution in [0.25, 0.3) is 10.8 Å². The molecule has 3 rings (SSSR count).